The Labute approximate surface area is 246 Å². The average molecular weight is 609 g/mol. The first kappa shape index (κ1) is 31.5. The van der Waals surface area contributed by atoms with Crippen molar-refractivity contribution in [2.75, 3.05) is 11.0 Å². The van der Waals surface area contributed by atoms with Gasteiger partial charge in [0, 0.05) is 18.1 Å². The summed E-state index contributed by atoms with van der Waals surface area (Å²) in [6, 6.07) is 13.7. The van der Waals surface area contributed by atoms with Gasteiger partial charge >= 0.3 is 18.5 Å². The summed E-state index contributed by atoms with van der Waals surface area (Å²) in [7, 11) is -5.17. The largest absolute Gasteiger partial charge is 0.495 e. The van der Waals surface area contributed by atoms with Crippen molar-refractivity contribution in [3.8, 4) is 11.1 Å². The maximum Gasteiger partial charge on any atom is 0.495 e. The fraction of sp³-hybridized carbons (Fsp3) is 0.286. The van der Waals surface area contributed by atoms with Crippen molar-refractivity contribution in [2.45, 2.75) is 44.4 Å². The highest BCUT2D eigenvalue weighted by Crippen LogP contribution is 2.55. The van der Waals surface area contributed by atoms with Gasteiger partial charge in [-0.05, 0) is 58.1 Å². The molecule has 2 unspecified atom stereocenters. The lowest BCUT2D eigenvalue weighted by molar-refractivity contribution is 0.425. The first-order valence-electron chi connectivity index (χ1n) is 13.3. The molecule has 0 amide bonds. The van der Waals surface area contributed by atoms with E-state index in [0.717, 1.165) is 41.1 Å². The molecule has 2 atom stereocenters. The highest BCUT2D eigenvalue weighted by atomic mass is 32.2. The predicted molar refractivity (Wildman–Crippen MR) is 164 cm³/mol. The maximum absolute atomic E-state index is 12.4. The van der Waals surface area contributed by atoms with Gasteiger partial charge in [-0.1, -0.05) is 51.1 Å². The predicted octanol–water partition coefficient (Wildman–Crippen LogP) is 0.413. The number of aromatic nitrogens is 4. The van der Waals surface area contributed by atoms with Gasteiger partial charge in [-0.2, -0.15) is 0 Å². The fourth-order valence-corrected chi connectivity index (χ4v) is 5.20. The molecule has 1 fully saturated rings. The molecule has 0 saturated heterocycles. The zero-order chi connectivity index (χ0) is 31.7. The summed E-state index contributed by atoms with van der Waals surface area (Å²) in [6.45, 7) is 6.39. The maximum atomic E-state index is 12.4. The van der Waals surface area contributed by atoms with E-state index in [2.05, 4.69) is 46.5 Å². The second-order valence-corrected chi connectivity index (χ2v) is 13.2. The van der Waals surface area contributed by atoms with Crippen LogP contribution in [-0.2, 0) is 15.4 Å². The molecule has 1 aliphatic rings. The quantitative estimate of drug-likeness (QED) is 0.152. The van der Waals surface area contributed by atoms with Crippen LogP contribution in [0.1, 0.15) is 55.7 Å². The SMILES string of the molecule is CC(C)(C)c1cc(-c2c[nH]c(=O)[nH]c2=O)cc(C2CC2c2ccc(NS(C)(=O)=O)cc2)c1.O=c1[nH]cc(B(O)O)c(=O)[nH]1. The zero-order valence-corrected chi connectivity index (χ0v) is 24.7. The Hall–Kier alpha value is -4.47. The standard InChI is InChI=1S/C24H27N3O4S.C4H5BN2O4/c1-24(2,3)17-10-15(9-16(11-17)21-13-25-23(29)26-22(21)28)20-12-19(20)14-5-7-18(8-6-14)27-32(4,30)31;8-3-2(5(10)11)1-6-4(9)7-3/h5-11,13,19-20,27H,12H2,1-4H3,(H2,25,26,28,29);1,10-11H,(H2,6,7,8,9). The van der Waals surface area contributed by atoms with Crippen molar-refractivity contribution in [2.24, 2.45) is 0 Å². The molecule has 0 spiro atoms. The number of hydrogen-bond acceptors (Lipinski definition) is 8. The summed E-state index contributed by atoms with van der Waals surface area (Å²) >= 11 is 0. The van der Waals surface area contributed by atoms with E-state index in [-0.39, 0.29) is 10.9 Å². The number of rotatable bonds is 6. The lowest BCUT2D eigenvalue weighted by atomic mass is 9.82. The minimum absolute atomic E-state index is 0.108. The molecule has 1 saturated carbocycles. The first-order chi connectivity index (χ1) is 20.0. The Bertz CT molecular complexity index is 1970. The number of benzene rings is 2. The van der Waals surface area contributed by atoms with Crippen LogP contribution in [0.3, 0.4) is 0 Å². The van der Waals surface area contributed by atoms with Crippen LogP contribution in [0.2, 0.25) is 0 Å². The van der Waals surface area contributed by atoms with Crippen molar-refractivity contribution in [1.29, 1.82) is 0 Å². The van der Waals surface area contributed by atoms with Gasteiger partial charge in [0.2, 0.25) is 10.0 Å². The number of H-pyrrole nitrogens is 4. The zero-order valence-electron chi connectivity index (χ0n) is 23.9. The normalized spacial score (nSPS) is 16.1. The molecule has 226 valence electrons. The topological polar surface area (TPSA) is 218 Å². The van der Waals surface area contributed by atoms with Gasteiger partial charge in [0.05, 0.1) is 17.3 Å². The molecule has 2 aromatic carbocycles. The number of aromatic amines is 4. The molecular weight excluding hydrogens is 577 g/mol. The van der Waals surface area contributed by atoms with E-state index in [4.69, 9.17) is 10.0 Å². The Morgan fingerprint density at radius 2 is 1.42 bits per heavy atom. The van der Waals surface area contributed by atoms with Crippen molar-refractivity contribution >= 4 is 28.3 Å². The van der Waals surface area contributed by atoms with Crippen LogP contribution >= 0.6 is 0 Å². The van der Waals surface area contributed by atoms with E-state index in [1.165, 1.54) is 6.20 Å². The summed E-state index contributed by atoms with van der Waals surface area (Å²) < 4.78 is 25.3. The highest BCUT2D eigenvalue weighted by Gasteiger charge is 2.40. The fourth-order valence-electron chi connectivity index (χ4n) is 4.63. The summed E-state index contributed by atoms with van der Waals surface area (Å²) in [4.78, 5) is 53.7. The molecular formula is C28H32BN5O8S. The third-order valence-corrected chi connectivity index (χ3v) is 7.55. The van der Waals surface area contributed by atoms with E-state index >= 15 is 0 Å². The van der Waals surface area contributed by atoms with Crippen LogP contribution in [0, 0.1) is 0 Å². The molecule has 0 aliphatic heterocycles. The van der Waals surface area contributed by atoms with Crippen molar-refractivity contribution in [3.05, 3.63) is 113 Å². The minimum Gasteiger partial charge on any atom is -0.423 e. The van der Waals surface area contributed by atoms with Crippen LogP contribution in [0.25, 0.3) is 11.1 Å². The van der Waals surface area contributed by atoms with Gasteiger partial charge in [0.1, 0.15) is 0 Å². The molecule has 13 nitrogen and oxygen atoms in total. The third kappa shape index (κ3) is 8.09. The van der Waals surface area contributed by atoms with E-state index in [0.29, 0.717) is 23.1 Å². The van der Waals surface area contributed by atoms with Gasteiger partial charge in [0.15, 0.2) is 0 Å². The van der Waals surface area contributed by atoms with Crippen molar-refractivity contribution < 1.29 is 18.5 Å². The van der Waals surface area contributed by atoms with Crippen molar-refractivity contribution in [1.82, 2.24) is 19.9 Å². The Kier molecular flexibility index (Phi) is 8.80. The van der Waals surface area contributed by atoms with Crippen LogP contribution in [0.5, 0.6) is 0 Å². The lowest BCUT2D eigenvalue weighted by Crippen LogP contribution is -2.45. The summed E-state index contributed by atoms with van der Waals surface area (Å²) in [5.41, 5.74) is 2.37. The monoisotopic (exact) mass is 609 g/mol. The molecule has 5 rings (SSSR count). The van der Waals surface area contributed by atoms with Crippen LogP contribution in [0.15, 0.2) is 74.0 Å². The lowest BCUT2D eigenvalue weighted by Gasteiger charge is -2.21. The molecule has 2 aromatic heterocycles. The van der Waals surface area contributed by atoms with E-state index in [9.17, 15) is 27.6 Å². The first-order valence-corrected chi connectivity index (χ1v) is 15.1. The average Bonchev–Trinajstić information content (AvgIpc) is 3.69. The van der Waals surface area contributed by atoms with Gasteiger partial charge in [-0.15, -0.1) is 0 Å². The van der Waals surface area contributed by atoms with Crippen LogP contribution < -0.4 is 32.7 Å². The van der Waals surface area contributed by atoms with Gasteiger partial charge < -0.3 is 20.0 Å². The number of nitrogens with one attached hydrogen (secondary N) is 5. The van der Waals surface area contributed by atoms with Gasteiger partial charge in [-0.25, -0.2) is 18.0 Å². The molecule has 15 heteroatoms. The molecule has 43 heavy (non-hydrogen) atoms. The molecule has 1 aliphatic carbocycles. The van der Waals surface area contributed by atoms with Crippen LogP contribution in [-0.4, -0.2) is 51.8 Å². The molecule has 0 bridgehead atoms. The Morgan fingerprint density at radius 1 is 0.837 bits per heavy atom. The highest BCUT2D eigenvalue weighted by molar-refractivity contribution is 7.92. The summed E-state index contributed by atoms with van der Waals surface area (Å²) in [6.07, 6.45) is 4.52. The third-order valence-electron chi connectivity index (χ3n) is 6.94. The Balaban J connectivity index is 0.000000324. The van der Waals surface area contributed by atoms with Crippen molar-refractivity contribution in [3.63, 3.8) is 0 Å². The minimum atomic E-state index is -3.30. The van der Waals surface area contributed by atoms with E-state index < -0.39 is 39.6 Å². The van der Waals surface area contributed by atoms with E-state index in [1.54, 1.807) is 12.1 Å². The molecule has 7 N–H and O–H groups in total. The van der Waals surface area contributed by atoms with Gasteiger partial charge in [-0.3, -0.25) is 24.3 Å². The smallest absolute Gasteiger partial charge is 0.423 e. The molecule has 0 radical (unpaired) electrons. The van der Waals surface area contributed by atoms with Crippen LogP contribution in [0.4, 0.5) is 5.69 Å². The van der Waals surface area contributed by atoms with Gasteiger partial charge in [0.25, 0.3) is 11.1 Å². The summed E-state index contributed by atoms with van der Waals surface area (Å²) in [5, 5.41) is 17.0. The number of anilines is 1. The molecule has 2 heterocycles. The number of hydrogen-bond donors (Lipinski definition) is 7. The number of sulfonamides is 1. The van der Waals surface area contributed by atoms with E-state index in [1.807, 2.05) is 29.2 Å². The second-order valence-electron chi connectivity index (χ2n) is 11.4. The second kappa shape index (κ2) is 12.0. The Morgan fingerprint density at radius 3 is 1.95 bits per heavy atom. The summed E-state index contributed by atoms with van der Waals surface area (Å²) in [5.74, 6) is 0.644. The molecule has 4 aromatic rings.